The molecule has 4 aromatic rings. The summed E-state index contributed by atoms with van der Waals surface area (Å²) in [5, 5.41) is 22.9. The average Bonchev–Trinajstić information content (AvgIpc) is 3.01. The van der Waals surface area contributed by atoms with Gasteiger partial charge < -0.3 is 10.6 Å². The molecule has 0 fully saturated rings. The summed E-state index contributed by atoms with van der Waals surface area (Å²) in [6.07, 6.45) is 0. The maximum atomic E-state index is 12.8. The number of halogens is 4. The highest BCUT2D eigenvalue weighted by atomic mass is 35.5. The topological polar surface area (TPSA) is 142 Å². The van der Waals surface area contributed by atoms with Gasteiger partial charge in [0.05, 0.1) is 10.0 Å². The number of azo groups is 2. The zero-order chi connectivity index (χ0) is 35.1. The van der Waals surface area contributed by atoms with Crippen LogP contribution in [0.25, 0.3) is 11.1 Å². The van der Waals surface area contributed by atoms with E-state index in [1.54, 1.807) is 86.6 Å². The fraction of sp³-hybridized carbons (Fsp3) is 0.176. The Morgan fingerprint density at radius 1 is 0.562 bits per heavy atom. The van der Waals surface area contributed by atoms with Crippen LogP contribution in [0.15, 0.2) is 93.3 Å². The first kappa shape index (κ1) is 36.4. The molecule has 0 saturated carbocycles. The monoisotopic (exact) mass is 724 g/mol. The van der Waals surface area contributed by atoms with E-state index in [1.807, 2.05) is 0 Å². The average molecular weight is 726 g/mol. The van der Waals surface area contributed by atoms with Gasteiger partial charge >= 0.3 is 0 Å². The molecular formula is C34H28Cl4N6O4. The van der Waals surface area contributed by atoms with E-state index in [1.165, 1.54) is 13.8 Å². The standard InChI is InChI=1S/C34H28Cl4N6O4/c1-17-13-23(35)7-11-27(17)39-33(47)31(19(3)45)43-41-29-9-5-21(15-25(29)37)22-6-10-30(26(38)16-22)42-44-32(20(4)46)34(48)40-28-12-8-24(36)14-18(28)2/h5-16,31-32H,1-4H3,(H,39,47)(H,40,48). The molecule has 4 aromatic carbocycles. The van der Waals surface area contributed by atoms with Crippen molar-refractivity contribution in [3.63, 3.8) is 0 Å². The minimum absolute atomic E-state index is 0.207. The number of hydrogen-bond acceptors (Lipinski definition) is 8. The number of anilines is 2. The van der Waals surface area contributed by atoms with Crippen molar-refractivity contribution in [1.29, 1.82) is 0 Å². The lowest BCUT2D eigenvalue weighted by atomic mass is 10.0. The van der Waals surface area contributed by atoms with E-state index in [0.717, 1.165) is 11.1 Å². The number of Topliss-reactive ketones (excluding diaryl/α,β-unsaturated/α-hetero) is 2. The van der Waals surface area contributed by atoms with Gasteiger partial charge in [-0.05, 0) is 111 Å². The predicted molar refractivity (Wildman–Crippen MR) is 190 cm³/mol. The third-order valence-corrected chi connectivity index (χ3v) is 8.03. The van der Waals surface area contributed by atoms with Gasteiger partial charge in [-0.25, -0.2) is 0 Å². The molecular weight excluding hydrogens is 698 g/mol. The summed E-state index contributed by atoms with van der Waals surface area (Å²) < 4.78 is 0. The van der Waals surface area contributed by atoms with Crippen molar-refractivity contribution in [3.05, 3.63) is 104 Å². The molecule has 4 rings (SSSR count). The predicted octanol–water partition coefficient (Wildman–Crippen LogP) is 9.94. The summed E-state index contributed by atoms with van der Waals surface area (Å²) in [6, 6.07) is 16.9. The largest absolute Gasteiger partial charge is 0.324 e. The molecule has 0 radical (unpaired) electrons. The van der Waals surface area contributed by atoms with Crippen molar-refractivity contribution in [2.75, 3.05) is 10.6 Å². The third kappa shape index (κ3) is 9.32. The van der Waals surface area contributed by atoms with Crippen molar-refractivity contribution in [2.24, 2.45) is 20.5 Å². The van der Waals surface area contributed by atoms with E-state index in [9.17, 15) is 19.2 Å². The lowest BCUT2D eigenvalue weighted by Crippen LogP contribution is -2.32. The summed E-state index contributed by atoms with van der Waals surface area (Å²) in [5.41, 5.74) is 4.24. The Labute approximate surface area is 296 Å². The van der Waals surface area contributed by atoms with Crippen LogP contribution < -0.4 is 10.6 Å². The van der Waals surface area contributed by atoms with Crippen molar-refractivity contribution >= 4 is 92.5 Å². The van der Waals surface area contributed by atoms with Crippen LogP contribution in [-0.4, -0.2) is 35.5 Å². The smallest absolute Gasteiger partial charge is 0.258 e. The zero-order valence-corrected chi connectivity index (χ0v) is 29.0. The molecule has 0 spiro atoms. The van der Waals surface area contributed by atoms with Gasteiger partial charge in [0, 0.05) is 21.4 Å². The van der Waals surface area contributed by atoms with Gasteiger partial charge in [-0.1, -0.05) is 58.5 Å². The van der Waals surface area contributed by atoms with Gasteiger partial charge in [0.15, 0.2) is 11.6 Å². The second-order valence-electron chi connectivity index (χ2n) is 10.7. The maximum Gasteiger partial charge on any atom is 0.258 e. The van der Waals surface area contributed by atoms with Gasteiger partial charge in [-0.15, -0.1) is 0 Å². The Hall–Kier alpha value is -4.48. The maximum absolute atomic E-state index is 12.8. The molecule has 2 unspecified atom stereocenters. The second kappa shape index (κ2) is 16.1. The molecule has 10 nitrogen and oxygen atoms in total. The molecule has 2 N–H and O–H groups in total. The normalized spacial score (nSPS) is 12.6. The molecule has 0 aliphatic heterocycles. The van der Waals surface area contributed by atoms with Gasteiger partial charge in [-0.2, -0.15) is 20.5 Å². The SMILES string of the molecule is CC(=O)C(N=Nc1ccc(-c2ccc(N=NC(C(C)=O)C(=O)Nc3ccc(Cl)cc3C)c(Cl)c2)cc1Cl)C(=O)Nc1ccc(Cl)cc1C. The highest BCUT2D eigenvalue weighted by molar-refractivity contribution is 6.34. The second-order valence-corrected chi connectivity index (χ2v) is 12.4. The number of nitrogens with one attached hydrogen (secondary N) is 2. The van der Waals surface area contributed by atoms with Crippen LogP contribution in [-0.2, 0) is 19.2 Å². The molecule has 2 amide bonds. The lowest BCUT2D eigenvalue weighted by molar-refractivity contribution is -0.127. The lowest BCUT2D eigenvalue weighted by Gasteiger charge is -2.12. The number of carbonyl (C=O) groups excluding carboxylic acids is 4. The van der Waals surface area contributed by atoms with Crippen molar-refractivity contribution in [2.45, 2.75) is 39.8 Å². The highest BCUT2D eigenvalue weighted by Gasteiger charge is 2.25. The van der Waals surface area contributed by atoms with E-state index in [4.69, 9.17) is 46.4 Å². The van der Waals surface area contributed by atoms with Gasteiger partial charge in [0.2, 0.25) is 12.1 Å². The molecule has 0 aromatic heterocycles. The van der Waals surface area contributed by atoms with Crippen LogP contribution in [0.2, 0.25) is 20.1 Å². The molecule has 2 atom stereocenters. The first-order chi connectivity index (χ1) is 22.7. The Balaban J connectivity index is 1.47. The van der Waals surface area contributed by atoms with E-state index in [-0.39, 0.29) is 21.4 Å². The number of nitrogens with zero attached hydrogens (tertiary/aromatic N) is 4. The number of carbonyl (C=O) groups is 4. The summed E-state index contributed by atoms with van der Waals surface area (Å²) >= 11 is 24.9. The van der Waals surface area contributed by atoms with Gasteiger partial charge in [0.1, 0.15) is 11.4 Å². The summed E-state index contributed by atoms with van der Waals surface area (Å²) in [7, 11) is 0. The van der Waals surface area contributed by atoms with Crippen LogP contribution in [0.3, 0.4) is 0 Å². The molecule has 0 bridgehead atoms. The minimum Gasteiger partial charge on any atom is -0.324 e. The number of hydrogen-bond donors (Lipinski definition) is 2. The van der Waals surface area contributed by atoms with Crippen LogP contribution in [0.5, 0.6) is 0 Å². The van der Waals surface area contributed by atoms with Gasteiger partial charge in [-0.3, -0.25) is 19.2 Å². The number of ketones is 2. The third-order valence-electron chi connectivity index (χ3n) is 6.95. The van der Waals surface area contributed by atoms with E-state index < -0.39 is 35.5 Å². The van der Waals surface area contributed by atoms with Crippen LogP contribution >= 0.6 is 46.4 Å². The Morgan fingerprint density at radius 2 is 0.938 bits per heavy atom. The minimum atomic E-state index is -1.40. The Morgan fingerprint density at radius 3 is 1.25 bits per heavy atom. The molecule has 14 heteroatoms. The fourth-order valence-corrected chi connectivity index (χ4v) is 5.24. The number of amides is 2. The molecule has 246 valence electrons. The Bertz CT molecular complexity index is 1840. The molecule has 0 aliphatic carbocycles. The quantitative estimate of drug-likeness (QED) is 0.117. The number of aryl methyl sites for hydroxylation is 2. The van der Waals surface area contributed by atoms with E-state index in [0.29, 0.717) is 32.5 Å². The zero-order valence-electron chi connectivity index (χ0n) is 26.0. The fourth-order valence-electron chi connectivity index (χ4n) is 4.35. The number of rotatable bonds is 11. The van der Waals surface area contributed by atoms with Crippen molar-refractivity contribution < 1.29 is 19.2 Å². The summed E-state index contributed by atoms with van der Waals surface area (Å²) in [4.78, 5) is 50.1. The van der Waals surface area contributed by atoms with Crippen LogP contribution in [0.1, 0.15) is 25.0 Å². The van der Waals surface area contributed by atoms with E-state index >= 15 is 0 Å². The molecule has 0 saturated heterocycles. The van der Waals surface area contributed by atoms with Crippen LogP contribution in [0.4, 0.5) is 22.7 Å². The number of benzene rings is 4. The van der Waals surface area contributed by atoms with Crippen LogP contribution in [0, 0.1) is 13.8 Å². The van der Waals surface area contributed by atoms with E-state index in [2.05, 4.69) is 31.1 Å². The Kier molecular flexibility index (Phi) is 12.2. The highest BCUT2D eigenvalue weighted by Crippen LogP contribution is 2.35. The first-order valence-electron chi connectivity index (χ1n) is 14.3. The summed E-state index contributed by atoms with van der Waals surface area (Å²) in [6.45, 7) is 6.03. The first-order valence-corrected chi connectivity index (χ1v) is 15.8. The summed E-state index contributed by atoms with van der Waals surface area (Å²) in [5.74, 6) is -2.31. The van der Waals surface area contributed by atoms with Gasteiger partial charge in [0.25, 0.3) is 11.8 Å². The molecule has 0 heterocycles. The molecule has 48 heavy (non-hydrogen) atoms. The van der Waals surface area contributed by atoms with Crippen molar-refractivity contribution in [3.8, 4) is 11.1 Å². The molecule has 0 aliphatic rings. The van der Waals surface area contributed by atoms with Crippen molar-refractivity contribution in [1.82, 2.24) is 0 Å².